The van der Waals surface area contributed by atoms with Crippen molar-refractivity contribution in [2.45, 2.75) is 69.7 Å². The monoisotopic (exact) mass is 368 g/mol. The number of carbonyl (C=O) groups excluding carboxylic acids is 1. The number of benzene rings is 1. The number of carbonyl (C=O) groups is 1. The number of nitrogens with zero attached hydrogens (tertiary/aromatic N) is 1. The van der Waals surface area contributed by atoms with Crippen molar-refractivity contribution < 1.29 is 9.53 Å². The predicted molar refractivity (Wildman–Crippen MR) is 109 cm³/mol. The first-order valence-electron chi connectivity index (χ1n) is 9.84. The average molecular weight is 369 g/mol. The van der Waals surface area contributed by atoms with Gasteiger partial charge in [0, 0.05) is 18.1 Å². The van der Waals surface area contributed by atoms with Gasteiger partial charge >= 0.3 is 5.97 Å². The van der Waals surface area contributed by atoms with Gasteiger partial charge in [-0.25, -0.2) is 4.79 Å². The van der Waals surface area contributed by atoms with Gasteiger partial charge in [-0.1, -0.05) is 54.6 Å². The quantitative estimate of drug-likeness (QED) is 0.825. The maximum atomic E-state index is 12.9. The van der Waals surface area contributed by atoms with E-state index in [-0.39, 0.29) is 17.6 Å². The first kappa shape index (κ1) is 19.8. The van der Waals surface area contributed by atoms with Crippen LogP contribution in [0.5, 0.6) is 0 Å². The Labute approximate surface area is 163 Å². The molecular formula is C23H32N2O2. The second-order valence-corrected chi connectivity index (χ2v) is 8.92. The Hall–Kier alpha value is -1.91. The molecule has 1 aromatic carbocycles. The van der Waals surface area contributed by atoms with Crippen LogP contribution in [-0.2, 0) is 16.0 Å². The Morgan fingerprint density at radius 1 is 1.26 bits per heavy atom. The third kappa shape index (κ3) is 4.02. The topological polar surface area (TPSA) is 55.6 Å². The molecular weight excluding hydrogens is 336 g/mol. The van der Waals surface area contributed by atoms with E-state index in [1.165, 1.54) is 5.56 Å². The summed E-state index contributed by atoms with van der Waals surface area (Å²) in [7, 11) is 0. The van der Waals surface area contributed by atoms with Crippen molar-refractivity contribution in [1.29, 1.82) is 0 Å². The zero-order chi connectivity index (χ0) is 19.7. The number of allylic oxidation sites excluding steroid dienone is 2. The van der Waals surface area contributed by atoms with Gasteiger partial charge in [-0.15, -0.1) is 0 Å². The van der Waals surface area contributed by atoms with Crippen LogP contribution in [0.15, 0.2) is 54.6 Å². The summed E-state index contributed by atoms with van der Waals surface area (Å²) in [4.78, 5) is 15.3. The number of hydrogen-bond acceptors (Lipinski definition) is 4. The molecule has 2 aliphatic rings. The van der Waals surface area contributed by atoms with Gasteiger partial charge in [0.15, 0.2) is 0 Å². The minimum atomic E-state index is -0.980. The number of ether oxygens (including phenoxy) is 1. The van der Waals surface area contributed by atoms with E-state index < -0.39 is 11.1 Å². The van der Waals surface area contributed by atoms with Crippen LogP contribution in [0, 0.1) is 0 Å². The highest BCUT2D eigenvalue weighted by molar-refractivity contribution is 5.82. The molecule has 0 radical (unpaired) electrons. The standard InChI is InChI=1S/C23H32N2O2/c1-18-23(24,20(26)27-21(2,3)4)15-16-25(18)22(13-9-6-10-14-22)17-19-11-7-5-8-12-19/h5-13,18H,14-17,24H2,1-4H3. The SMILES string of the molecule is CC1N(C2(Cc3ccccc3)C=CC=CC2)CCC1(N)C(=O)OC(C)(C)C. The lowest BCUT2D eigenvalue weighted by molar-refractivity contribution is -0.162. The summed E-state index contributed by atoms with van der Waals surface area (Å²) in [6.07, 6.45) is 11.1. The van der Waals surface area contributed by atoms with Crippen LogP contribution in [0.4, 0.5) is 0 Å². The van der Waals surface area contributed by atoms with E-state index in [9.17, 15) is 4.79 Å². The van der Waals surface area contributed by atoms with Crippen LogP contribution >= 0.6 is 0 Å². The fourth-order valence-corrected chi connectivity index (χ4v) is 4.29. The fraction of sp³-hybridized carbons (Fsp3) is 0.522. The van der Waals surface area contributed by atoms with Crippen molar-refractivity contribution >= 4 is 5.97 Å². The van der Waals surface area contributed by atoms with E-state index in [0.717, 1.165) is 19.4 Å². The van der Waals surface area contributed by atoms with Crippen molar-refractivity contribution in [1.82, 2.24) is 4.90 Å². The Bertz CT molecular complexity index is 734. The number of rotatable bonds is 4. The van der Waals surface area contributed by atoms with Crippen LogP contribution in [0.1, 0.15) is 46.1 Å². The van der Waals surface area contributed by atoms with E-state index >= 15 is 0 Å². The molecule has 3 atom stereocenters. The molecule has 1 aliphatic heterocycles. The van der Waals surface area contributed by atoms with Crippen molar-refractivity contribution in [3.63, 3.8) is 0 Å². The van der Waals surface area contributed by atoms with Crippen LogP contribution < -0.4 is 5.73 Å². The second-order valence-electron chi connectivity index (χ2n) is 8.92. The zero-order valence-corrected chi connectivity index (χ0v) is 16.9. The van der Waals surface area contributed by atoms with Crippen molar-refractivity contribution in [2.24, 2.45) is 5.73 Å². The van der Waals surface area contributed by atoms with Crippen LogP contribution in [0.2, 0.25) is 0 Å². The van der Waals surface area contributed by atoms with E-state index in [1.807, 2.05) is 26.8 Å². The van der Waals surface area contributed by atoms with Gasteiger partial charge in [0.05, 0.1) is 0 Å². The van der Waals surface area contributed by atoms with Gasteiger partial charge < -0.3 is 10.5 Å². The minimum absolute atomic E-state index is 0.104. The van der Waals surface area contributed by atoms with Gasteiger partial charge in [-0.05, 0) is 52.5 Å². The molecule has 1 fully saturated rings. The van der Waals surface area contributed by atoms with Gasteiger partial charge in [0.25, 0.3) is 0 Å². The Balaban J connectivity index is 1.87. The summed E-state index contributed by atoms with van der Waals surface area (Å²) in [6.45, 7) is 8.50. The summed E-state index contributed by atoms with van der Waals surface area (Å²) < 4.78 is 5.66. The minimum Gasteiger partial charge on any atom is -0.459 e. The average Bonchev–Trinajstić information content (AvgIpc) is 2.92. The molecule has 1 aliphatic carbocycles. The highest BCUT2D eigenvalue weighted by atomic mass is 16.6. The summed E-state index contributed by atoms with van der Waals surface area (Å²) in [6, 6.07) is 10.4. The number of esters is 1. The van der Waals surface area contributed by atoms with Crippen molar-refractivity contribution in [3.8, 4) is 0 Å². The van der Waals surface area contributed by atoms with Crippen molar-refractivity contribution in [3.05, 3.63) is 60.2 Å². The Morgan fingerprint density at radius 3 is 2.56 bits per heavy atom. The molecule has 4 heteroatoms. The molecule has 0 saturated carbocycles. The maximum Gasteiger partial charge on any atom is 0.328 e. The molecule has 1 aromatic rings. The fourth-order valence-electron chi connectivity index (χ4n) is 4.29. The first-order chi connectivity index (χ1) is 12.7. The third-order valence-corrected chi connectivity index (χ3v) is 5.81. The van der Waals surface area contributed by atoms with Crippen LogP contribution in [0.25, 0.3) is 0 Å². The third-order valence-electron chi connectivity index (χ3n) is 5.81. The molecule has 146 valence electrons. The molecule has 0 amide bonds. The molecule has 0 spiro atoms. The molecule has 0 aromatic heterocycles. The van der Waals surface area contributed by atoms with Gasteiger partial charge in [0.1, 0.15) is 11.1 Å². The highest BCUT2D eigenvalue weighted by Crippen LogP contribution is 2.39. The molecule has 1 saturated heterocycles. The van der Waals surface area contributed by atoms with E-state index in [0.29, 0.717) is 6.42 Å². The number of nitrogens with two attached hydrogens (primary N) is 1. The van der Waals surface area contributed by atoms with Gasteiger partial charge in [-0.2, -0.15) is 0 Å². The second kappa shape index (κ2) is 7.25. The molecule has 1 heterocycles. The molecule has 3 rings (SSSR count). The van der Waals surface area contributed by atoms with E-state index in [2.05, 4.69) is 60.4 Å². The molecule has 3 unspecified atom stereocenters. The lowest BCUT2D eigenvalue weighted by Crippen LogP contribution is -2.61. The zero-order valence-electron chi connectivity index (χ0n) is 16.9. The molecule has 4 nitrogen and oxygen atoms in total. The smallest absolute Gasteiger partial charge is 0.328 e. The molecule has 2 N–H and O–H groups in total. The summed E-state index contributed by atoms with van der Waals surface area (Å²) in [5.74, 6) is -0.296. The lowest BCUT2D eigenvalue weighted by Gasteiger charge is -2.45. The molecule has 27 heavy (non-hydrogen) atoms. The summed E-state index contributed by atoms with van der Waals surface area (Å²) >= 11 is 0. The first-order valence-corrected chi connectivity index (χ1v) is 9.84. The predicted octanol–water partition coefficient (Wildman–Crippen LogP) is 3.62. The normalized spacial score (nSPS) is 31.2. The number of likely N-dealkylation sites (tertiary alicyclic amines) is 1. The van der Waals surface area contributed by atoms with E-state index in [1.54, 1.807) is 0 Å². The molecule has 0 bridgehead atoms. The van der Waals surface area contributed by atoms with Crippen LogP contribution in [0.3, 0.4) is 0 Å². The summed E-state index contributed by atoms with van der Waals surface area (Å²) in [5.41, 5.74) is 6.25. The highest BCUT2D eigenvalue weighted by Gasteiger charge is 2.54. The Morgan fingerprint density at radius 2 is 1.96 bits per heavy atom. The largest absolute Gasteiger partial charge is 0.459 e. The van der Waals surface area contributed by atoms with Crippen LogP contribution in [-0.4, -0.2) is 40.1 Å². The van der Waals surface area contributed by atoms with E-state index in [4.69, 9.17) is 10.5 Å². The summed E-state index contributed by atoms with van der Waals surface area (Å²) in [5, 5.41) is 0. The van der Waals surface area contributed by atoms with Crippen molar-refractivity contribution in [2.75, 3.05) is 6.54 Å². The van der Waals surface area contributed by atoms with Gasteiger partial charge in [0.2, 0.25) is 0 Å². The number of hydrogen-bond donors (Lipinski definition) is 1. The lowest BCUT2D eigenvalue weighted by atomic mass is 9.81. The van der Waals surface area contributed by atoms with Gasteiger partial charge in [-0.3, -0.25) is 4.90 Å². The maximum absolute atomic E-state index is 12.9. The Kier molecular flexibility index (Phi) is 5.33.